The molecule has 1 atom stereocenters. The van der Waals surface area contributed by atoms with Crippen LogP contribution < -0.4 is 11.2 Å². The summed E-state index contributed by atoms with van der Waals surface area (Å²) in [5, 5.41) is 11.3. The number of nitrogens with zero attached hydrogens (tertiary/aromatic N) is 3. The second-order valence-electron chi connectivity index (χ2n) is 9.31. The number of aliphatic hydroxyl groups excluding tert-OH is 1. The van der Waals surface area contributed by atoms with Gasteiger partial charge >= 0.3 is 5.69 Å². The third-order valence-corrected chi connectivity index (χ3v) is 6.37. The topological polar surface area (TPSA) is 67.5 Å². The smallest absolute Gasteiger partial charge is 0.331 e. The van der Waals surface area contributed by atoms with Crippen LogP contribution in [0.2, 0.25) is 0 Å². The molecule has 6 heteroatoms. The van der Waals surface area contributed by atoms with E-state index in [2.05, 4.69) is 36.9 Å². The lowest BCUT2D eigenvalue weighted by Gasteiger charge is -2.30. The molecule has 0 saturated carbocycles. The first-order chi connectivity index (χ1) is 15.4. The number of benzene rings is 2. The Morgan fingerprint density at radius 2 is 1.66 bits per heavy atom. The second-order valence-corrected chi connectivity index (χ2v) is 9.31. The first kappa shape index (κ1) is 22.5. The van der Waals surface area contributed by atoms with E-state index in [9.17, 15) is 14.7 Å². The number of aromatic nitrogens is 2. The van der Waals surface area contributed by atoms with Crippen LogP contribution in [0, 0.1) is 5.92 Å². The second kappa shape index (κ2) is 9.84. The lowest BCUT2D eigenvalue weighted by atomic mass is 10.00. The minimum atomic E-state index is -0.795. The molecule has 0 amide bonds. The van der Waals surface area contributed by atoms with E-state index in [0.29, 0.717) is 29.9 Å². The Morgan fingerprint density at radius 1 is 0.938 bits per heavy atom. The Labute approximate surface area is 188 Å². The highest BCUT2D eigenvalue weighted by Gasteiger charge is 2.21. The van der Waals surface area contributed by atoms with Crippen LogP contribution in [0.25, 0.3) is 10.9 Å². The maximum absolute atomic E-state index is 13.3. The first-order valence-electron chi connectivity index (χ1n) is 11.6. The van der Waals surface area contributed by atoms with Crippen molar-refractivity contribution in [2.75, 3.05) is 13.1 Å². The molecule has 1 aromatic heterocycles. The van der Waals surface area contributed by atoms with Gasteiger partial charge < -0.3 is 5.11 Å². The molecule has 0 fully saturated rings. The highest BCUT2D eigenvalue weighted by molar-refractivity contribution is 5.77. The predicted octanol–water partition coefficient (Wildman–Crippen LogP) is 3.02. The van der Waals surface area contributed by atoms with Crippen LogP contribution in [0.4, 0.5) is 0 Å². The van der Waals surface area contributed by atoms with Gasteiger partial charge in [0, 0.05) is 26.2 Å². The van der Waals surface area contributed by atoms with Crippen LogP contribution in [0.3, 0.4) is 0 Å². The maximum atomic E-state index is 13.3. The van der Waals surface area contributed by atoms with Crippen molar-refractivity contribution >= 4 is 10.9 Å². The van der Waals surface area contributed by atoms with Crippen molar-refractivity contribution in [3.63, 3.8) is 0 Å². The summed E-state index contributed by atoms with van der Waals surface area (Å²) in [6, 6.07) is 15.6. The fourth-order valence-corrected chi connectivity index (χ4v) is 4.68. The molecular formula is C26H33N3O3. The van der Waals surface area contributed by atoms with Gasteiger partial charge in [-0.25, -0.2) is 4.79 Å². The standard InChI is InChI=1S/C26H33N3O3/c1-19(2)8-7-14-28-24-12-6-5-11-23(24)25(31)29(26(28)32)18-22(30)17-27-15-13-20-9-3-4-10-21(20)16-27/h3-6,9-12,19,22,30H,7-8,13-18H2,1-2H3. The number of hydrogen-bond acceptors (Lipinski definition) is 4. The van der Waals surface area contributed by atoms with E-state index in [1.807, 2.05) is 24.3 Å². The Balaban J connectivity index is 1.56. The van der Waals surface area contributed by atoms with E-state index in [-0.39, 0.29) is 17.8 Å². The highest BCUT2D eigenvalue weighted by atomic mass is 16.3. The molecule has 0 aliphatic carbocycles. The van der Waals surface area contributed by atoms with Gasteiger partial charge in [0.25, 0.3) is 5.56 Å². The third-order valence-electron chi connectivity index (χ3n) is 6.37. The Kier molecular flexibility index (Phi) is 6.92. The van der Waals surface area contributed by atoms with Crippen molar-refractivity contribution in [3.05, 3.63) is 80.5 Å². The van der Waals surface area contributed by atoms with Gasteiger partial charge in [-0.05, 0) is 48.4 Å². The van der Waals surface area contributed by atoms with Crippen molar-refractivity contribution < 1.29 is 5.11 Å². The molecule has 3 aromatic rings. The predicted molar refractivity (Wildman–Crippen MR) is 128 cm³/mol. The summed E-state index contributed by atoms with van der Waals surface area (Å²) in [6.07, 6.45) is 2.03. The number of β-amino-alcohol motifs (C(OH)–C–C–N with tert-alkyl or cyclic N) is 1. The fourth-order valence-electron chi connectivity index (χ4n) is 4.68. The Bertz CT molecular complexity index is 1190. The fraction of sp³-hybridized carbons (Fsp3) is 0.462. The average Bonchev–Trinajstić information content (AvgIpc) is 2.78. The first-order valence-corrected chi connectivity index (χ1v) is 11.6. The largest absolute Gasteiger partial charge is 0.390 e. The number of fused-ring (bicyclic) bond motifs is 2. The van der Waals surface area contributed by atoms with Crippen LogP contribution in [-0.2, 0) is 26.1 Å². The molecule has 2 aromatic carbocycles. The minimum absolute atomic E-state index is 0.00479. The lowest BCUT2D eigenvalue weighted by molar-refractivity contribution is 0.0897. The van der Waals surface area contributed by atoms with Crippen LogP contribution in [-0.4, -0.2) is 38.3 Å². The molecule has 0 saturated heterocycles. The zero-order valence-corrected chi connectivity index (χ0v) is 19.0. The molecular weight excluding hydrogens is 402 g/mol. The SMILES string of the molecule is CC(C)CCCn1c(=O)n(CC(O)CN2CCc3ccccc3C2)c(=O)c2ccccc21. The summed E-state index contributed by atoms with van der Waals surface area (Å²) in [6.45, 7) is 6.97. The van der Waals surface area contributed by atoms with Crippen LogP contribution in [0.5, 0.6) is 0 Å². The van der Waals surface area contributed by atoms with Gasteiger partial charge in [0.05, 0.1) is 23.6 Å². The van der Waals surface area contributed by atoms with Crippen LogP contribution in [0.1, 0.15) is 37.8 Å². The molecule has 1 aliphatic rings. The van der Waals surface area contributed by atoms with Crippen molar-refractivity contribution in [2.45, 2.75) is 58.8 Å². The van der Waals surface area contributed by atoms with Gasteiger partial charge in [-0.1, -0.05) is 50.2 Å². The molecule has 170 valence electrons. The molecule has 4 rings (SSSR count). The van der Waals surface area contributed by atoms with Gasteiger partial charge in [-0.3, -0.25) is 18.8 Å². The zero-order valence-electron chi connectivity index (χ0n) is 19.0. The van der Waals surface area contributed by atoms with Gasteiger partial charge in [-0.15, -0.1) is 0 Å². The van der Waals surface area contributed by atoms with E-state index in [1.54, 1.807) is 10.6 Å². The van der Waals surface area contributed by atoms with Crippen molar-refractivity contribution in [3.8, 4) is 0 Å². The molecule has 1 N–H and O–H groups in total. The summed E-state index contributed by atoms with van der Waals surface area (Å²) in [5.74, 6) is 0.555. The van der Waals surface area contributed by atoms with Crippen molar-refractivity contribution in [1.29, 1.82) is 0 Å². The van der Waals surface area contributed by atoms with E-state index in [0.717, 1.165) is 32.4 Å². The van der Waals surface area contributed by atoms with Crippen LogP contribution >= 0.6 is 0 Å². The summed E-state index contributed by atoms with van der Waals surface area (Å²) in [7, 11) is 0. The average molecular weight is 436 g/mol. The normalized spacial score (nSPS) is 15.2. The Hall–Kier alpha value is -2.70. The minimum Gasteiger partial charge on any atom is -0.390 e. The van der Waals surface area contributed by atoms with Gasteiger partial charge in [0.1, 0.15) is 0 Å². The molecule has 0 radical (unpaired) electrons. The molecule has 0 bridgehead atoms. The number of hydrogen-bond donors (Lipinski definition) is 1. The van der Waals surface area contributed by atoms with Gasteiger partial charge in [-0.2, -0.15) is 0 Å². The van der Waals surface area contributed by atoms with E-state index in [1.165, 1.54) is 15.7 Å². The summed E-state index contributed by atoms with van der Waals surface area (Å²) >= 11 is 0. The molecule has 6 nitrogen and oxygen atoms in total. The molecule has 32 heavy (non-hydrogen) atoms. The number of para-hydroxylation sites is 1. The Morgan fingerprint density at radius 3 is 2.44 bits per heavy atom. The lowest BCUT2D eigenvalue weighted by Crippen LogP contribution is -2.45. The van der Waals surface area contributed by atoms with Crippen LogP contribution in [0.15, 0.2) is 58.1 Å². The molecule has 2 heterocycles. The number of aliphatic hydroxyl groups is 1. The van der Waals surface area contributed by atoms with Gasteiger partial charge in [0.2, 0.25) is 0 Å². The highest BCUT2D eigenvalue weighted by Crippen LogP contribution is 2.18. The zero-order chi connectivity index (χ0) is 22.7. The molecule has 1 unspecified atom stereocenters. The van der Waals surface area contributed by atoms with E-state index in [4.69, 9.17) is 0 Å². The third kappa shape index (κ3) is 4.87. The number of rotatable bonds is 8. The van der Waals surface area contributed by atoms with E-state index >= 15 is 0 Å². The van der Waals surface area contributed by atoms with E-state index < -0.39 is 6.10 Å². The summed E-state index contributed by atoms with van der Waals surface area (Å²) in [5.41, 5.74) is 2.65. The summed E-state index contributed by atoms with van der Waals surface area (Å²) in [4.78, 5) is 28.6. The van der Waals surface area contributed by atoms with Crippen molar-refractivity contribution in [1.82, 2.24) is 14.0 Å². The van der Waals surface area contributed by atoms with Gasteiger partial charge in [0.15, 0.2) is 0 Å². The number of aryl methyl sites for hydroxylation is 1. The maximum Gasteiger partial charge on any atom is 0.331 e. The summed E-state index contributed by atoms with van der Waals surface area (Å²) < 4.78 is 2.92. The monoisotopic (exact) mass is 435 g/mol. The molecule has 0 spiro atoms. The quantitative estimate of drug-likeness (QED) is 0.591. The van der Waals surface area contributed by atoms with Crippen molar-refractivity contribution in [2.24, 2.45) is 5.92 Å². The molecule has 1 aliphatic heterocycles.